The van der Waals surface area contributed by atoms with Crippen LogP contribution in [0.4, 0.5) is 0 Å². The summed E-state index contributed by atoms with van der Waals surface area (Å²) in [5.74, 6) is -1.49. The van der Waals surface area contributed by atoms with Crippen LogP contribution in [-0.2, 0) is 20.8 Å². The van der Waals surface area contributed by atoms with Gasteiger partial charge in [0.05, 0.1) is 22.8 Å². The third-order valence-electron chi connectivity index (χ3n) is 6.06. The molecule has 0 spiro atoms. The molecule has 9 heteroatoms. The predicted octanol–water partition coefficient (Wildman–Crippen LogP) is 1.49. The van der Waals surface area contributed by atoms with E-state index in [1.165, 1.54) is 0 Å². The van der Waals surface area contributed by atoms with Gasteiger partial charge in [-0.25, -0.2) is 9.97 Å². The van der Waals surface area contributed by atoms with Crippen molar-refractivity contribution in [1.29, 1.82) is 0 Å². The summed E-state index contributed by atoms with van der Waals surface area (Å²) < 4.78 is 0. The summed E-state index contributed by atoms with van der Waals surface area (Å²) in [4.78, 5) is 58.9. The molecule has 1 aliphatic rings. The monoisotopic (exact) mass is 473 g/mol. The molecule has 35 heavy (non-hydrogen) atoms. The second-order valence-electron chi connectivity index (χ2n) is 8.63. The first kappa shape index (κ1) is 24.0. The van der Waals surface area contributed by atoms with Crippen molar-refractivity contribution in [2.75, 3.05) is 6.54 Å². The number of aldehydes is 1. The standard InChI is InChI=1S/C26H27N5O4/c1-16-23(30-21-10-6-5-9-20(21)28-16)26(35)31-22(13-17-7-3-2-4-8-17)25(34)29-19(15-32)14-18-11-12-27-24(18)33/h2-10,15,18-19,22H,11-14H2,1H3,(H,27,33)(H,29,34)(H,31,35)/t18-,19?,22-/m0/s1. The lowest BCUT2D eigenvalue weighted by molar-refractivity contribution is -0.127. The van der Waals surface area contributed by atoms with Gasteiger partial charge in [-0.2, -0.15) is 0 Å². The van der Waals surface area contributed by atoms with Crippen LogP contribution in [-0.4, -0.2) is 52.6 Å². The van der Waals surface area contributed by atoms with E-state index in [1.54, 1.807) is 13.0 Å². The van der Waals surface area contributed by atoms with Crippen LogP contribution in [0.5, 0.6) is 0 Å². The quantitative estimate of drug-likeness (QED) is 0.404. The smallest absolute Gasteiger partial charge is 0.272 e. The minimum absolute atomic E-state index is 0.120. The molecule has 2 aromatic carbocycles. The van der Waals surface area contributed by atoms with E-state index < -0.39 is 23.9 Å². The zero-order chi connectivity index (χ0) is 24.8. The van der Waals surface area contributed by atoms with Gasteiger partial charge in [0.1, 0.15) is 18.0 Å². The van der Waals surface area contributed by atoms with Gasteiger partial charge in [-0.1, -0.05) is 42.5 Å². The summed E-state index contributed by atoms with van der Waals surface area (Å²) in [6.45, 7) is 2.25. The number of rotatable bonds is 9. The van der Waals surface area contributed by atoms with Gasteiger partial charge >= 0.3 is 0 Å². The van der Waals surface area contributed by atoms with E-state index in [1.807, 2.05) is 48.5 Å². The Hall–Kier alpha value is -4.14. The Bertz CT molecular complexity index is 1250. The molecule has 4 rings (SSSR count). The molecule has 3 aromatic rings. The molecule has 1 fully saturated rings. The lowest BCUT2D eigenvalue weighted by Gasteiger charge is -2.22. The van der Waals surface area contributed by atoms with E-state index in [4.69, 9.17) is 0 Å². The first-order valence-electron chi connectivity index (χ1n) is 11.6. The number of fused-ring (bicyclic) bond motifs is 1. The second kappa shape index (κ2) is 10.9. The Morgan fingerprint density at radius 1 is 1.06 bits per heavy atom. The highest BCUT2D eigenvalue weighted by Crippen LogP contribution is 2.16. The number of aromatic nitrogens is 2. The number of nitrogens with zero attached hydrogens (tertiary/aromatic N) is 2. The fourth-order valence-corrected chi connectivity index (χ4v) is 4.20. The zero-order valence-corrected chi connectivity index (χ0v) is 19.4. The molecule has 1 unspecified atom stereocenters. The van der Waals surface area contributed by atoms with Crippen LogP contribution in [0.15, 0.2) is 54.6 Å². The summed E-state index contributed by atoms with van der Waals surface area (Å²) in [7, 11) is 0. The van der Waals surface area contributed by atoms with Crippen LogP contribution in [0.2, 0.25) is 0 Å². The number of para-hydroxylation sites is 2. The van der Waals surface area contributed by atoms with Gasteiger partial charge < -0.3 is 20.7 Å². The van der Waals surface area contributed by atoms with Gasteiger partial charge in [0.2, 0.25) is 11.8 Å². The summed E-state index contributed by atoms with van der Waals surface area (Å²) in [6, 6.07) is 14.7. The number of amides is 3. The third-order valence-corrected chi connectivity index (χ3v) is 6.06. The van der Waals surface area contributed by atoms with E-state index in [-0.39, 0.29) is 30.4 Å². The van der Waals surface area contributed by atoms with E-state index in [2.05, 4.69) is 25.9 Å². The van der Waals surface area contributed by atoms with Crippen LogP contribution >= 0.6 is 0 Å². The average molecular weight is 474 g/mol. The highest BCUT2D eigenvalue weighted by atomic mass is 16.2. The molecule has 1 aliphatic heterocycles. The normalized spacial score (nSPS) is 16.8. The molecular weight excluding hydrogens is 446 g/mol. The van der Waals surface area contributed by atoms with Crippen molar-refractivity contribution < 1.29 is 19.2 Å². The van der Waals surface area contributed by atoms with Gasteiger partial charge in [0.25, 0.3) is 5.91 Å². The molecule has 9 nitrogen and oxygen atoms in total. The van der Waals surface area contributed by atoms with Gasteiger partial charge in [-0.3, -0.25) is 14.4 Å². The second-order valence-corrected chi connectivity index (χ2v) is 8.63. The Morgan fingerprint density at radius 2 is 1.74 bits per heavy atom. The number of hydrogen-bond acceptors (Lipinski definition) is 6. The highest BCUT2D eigenvalue weighted by molar-refractivity contribution is 5.98. The van der Waals surface area contributed by atoms with E-state index in [9.17, 15) is 19.2 Å². The van der Waals surface area contributed by atoms with Gasteiger partial charge in [-0.05, 0) is 37.5 Å². The molecule has 2 heterocycles. The fourth-order valence-electron chi connectivity index (χ4n) is 4.20. The summed E-state index contributed by atoms with van der Waals surface area (Å²) >= 11 is 0. The average Bonchev–Trinajstić information content (AvgIpc) is 3.27. The Kier molecular flexibility index (Phi) is 7.45. The summed E-state index contributed by atoms with van der Waals surface area (Å²) in [5, 5.41) is 8.20. The number of hydrogen-bond donors (Lipinski definition) is 3. The van der Waals surface area contributed by atoms with Gasteiger partial charge in [0.15, 0.2) is 0 Å². The largest absolute Gasteiger partial charge is 0.356 e. The first-order chi connectivity index (χ1) is 16.9. The van der Waals surface area contributed by atoms with Gasteiger partial charge in [-0.15, -0.1) is 0 Å². The molecular formula is C26H27N5O4. The maximum atomic E-state index is 13.2. The topological polar surface area (TPSA) is 130 Å². The molecule has 1 saturated heterocycles. The van der Waals surface area contributed by atoms with Gasteiger partial charge in [0, 0.05) is 18.9 Å². The highest BCUT2D eigenvalue weighted by Gasteiger charge is 2.30. The minimum atomic E-state index is -0.961. The van der Waals surface area contributed by atoms with E-state index in [0.29, 0.717) is 36.0 Å². The Balaban J connectivity index is 1.53. The molecule has 180 valence electrons. The first-order valence-corrected chi connectivity index (χ1v) is 11.6. The Labute approximate surface area is 202 Å². The number of nitrogens with one attached hydrogen (secondary N) is 3. The van der Waals surface area contributed by atoms with E-state index in [0.717, 1.165) is 5.56 Å². The molecule has 0 radical (unpaired) electrons. The van der Waals surface area contributed by atoms with Crippen molar-refractivity contribution in [3.63, 3.8) is 0 Å². The lowest BCUT2D eigenvalue weighted by atomic mass is 9.98. The number of carbonyl (C=O) groups is 4. The van der Waals surface area contributed by atoms with Crippen molar-refractivity contribution in [3.8, 4) is 0 Å². The van der Waals surface area contributed by atoms with Crippen molar-refractivity contribution in [1.82, 2.24) is 25.9 Å². The SMILES string of the molecule is Cc1nc2ccccc2nc1C(=O)N[C@@H](Cc1ccccc1)C(=O)NC(C=O)C[C@@H]1CCNC1=O. The molecule has 0 bridgehead atoms. The van der Waals surface area contributed by atoms with Crippen molar-refractivity contribution in [3.05, 3.63) is 71.5 Å². The molecule has 3 N–H and O–H groups in total. The summed E-state index contributed by atoms with van der Waals surface area (Å²) in [6.07, 6.45) is 1.67. The van der Waals surface area contributed by atoms with E-state index >= 15 is 0 Å². The maximum absolute atomic E-state index is 13.2. The number of aryl methyl sites for hydroxylation is 1. The van der Waals surface area contributed by atoms with Crippen LogP contribution < -0.4 is 16.0 Å². The van der Waals surface area contributed by atoms with Crippen LogP contribution in [0.1, 0.15) is 34.6 Å². The predicted molar refractivity (Wildman–Crippen MR) is 129 cm³/mol. The molecule has 3 amide bonds. The summed E-state index contributed by atoms with van der Waals surface area (Å²) in [5.41, 5.74) is 2.65. The fraction of sp³-hybridized carbons (Fsp3) is 0.308. The maximum Gasteiger partial charge on any atom is 0.272 e. The Morgan fingerprint density at radius 3 is 2.40 bits per heavy atom. The lowest BCUT2D eigenvalue weighted by Crippen LogP contribution is -2.51. The van der Waals surface area contributed by atoms with Crippen molar-refractivity contribution in [2.45, 2.75) is 38.3 Å². The third kappa shape index (κ3) is 5.87. The van der Waals surface area contributed by atoms with Crippen LogP contribution in [0, 0.1) is 12.8 Å². The van der Waals surface area contributed by atoms with Crippen molar-refractivity contribution in [2.24, 2.45) is 5.92 Å². The number of benzene rings is 2. The molecule has 1 aromatic heterocycles. The molecule has 0 saturated carbocycles. The zero-order valence-electron chi connectivity index (χ0n) is 19.4. The number of carbonyl (C=O) groups excluding carboxylic acids is 4. The minimum Gasteiger partial charge on any atom is -0.356 e. The molecule has 3 atom stereocenters. The van der Waals surface area contributed by atoms with Crippen LogP contribution in [0.3, 0.4) is 0 Å². The van der Waals surface area contributed by atoms with Crippen LogP contribution in [0.25, 0.3) is 11.0 Å². The van der Waals surface area contributed by atoms with Crippen molar-refractivity contribution >= 4 is 35.0 Å². The molecule has 0 aliphatic carbocycles.